The second kappa shape index (κ2) is 5.71. The zero-order valence-electron chi connectivity index (χ0n) is 9.51. The van der Waals surface area contributed by atoms with E-state index >= 15 is 0 Å². The topological polar surface area (TPSA) is 21.3 Å². The lowest BCUT2D eigenvalue weighted by Crippen LogP contribution is -2.24. The number of nitrogens with one attached hydrogen (secondary N) is 1. The van der Waals surface area contributed by atoms with Crippen molar-refractivity contribution < 1.29 is 9.13 Å². The highest BCUT2D eigenvalue weighted by Crippen LogP contribution is 2.18. The smallest absolute Gasteiger partial charge is 0.149 e. The van der Waals surface area contributed by atoms with E-state index in [0.717, 1.165) is 6.42 Å². The average Bonchev–Trinajstić information content (AvgIpc) is 2.24. The van der Waals surface area contributed by atoms with Crippen LogP contribution in [0.5, 0.6) is 0 Å². The summed E-state index contributed by atoms with van der Waals surface area (Å²) in [6.07, 6.45) is 0.904. The molecule has 0 aliphatic rings. The second-order valence-electron chi connectivity index (χ2n) is 3.64. The van der Waals surface area contributed by atoms with Crippen LogP contribution in [0.15, 0.2) is 18.2 Å². The van der Waals surface area contributed by atoms with Gasteiger partial charge in [-0.15, -0.1) is 0 Å². The molecule has 0 aromatic heterocycles. The second-order valence-corrected chi connectivity index (χ2v) is 3.64. The van der Waals surface area contributed by atoms with Gasteiger partial charge in [0.15, 0.2) is 0 Å². The van der Waals surface area contributed by atoms with Gasteiger partial charge in [-0.25, -0.2) is 4.39 Å². The third-order valence-electron chi connectivity index (χ3n) is 2.41. The predicted molar refractivity (Wildman–Crippen MR) is 60.7 cm³/mol. The molecule has 0 fully saturated rings. The maximum atomic E-state index is 13.6. The van der Waals surface area contributed by atoms with Crippen LogP contribution >= 0.6 is 0 Å². The molecule has 0 aliphatic heterocycles. The van der Waals surface area contributed by atoms with Gasteiger partial charge in [0.05, 0.1) is 12.3 Å². The Morgan fingerprint density at radius 1 is 1.47 bits per heavy atom. The highest BCUT2D eigenvalue weighted by atomic mass is 19.1. The van der Waals surface area contributed by atoms with Gasteiger partial charge in [0.25, 0.3) is 0 Å². The molecule has 1 unspecified atom stereocenters. The summed E-state index contributed by atoms with van der Waals surface area (Å²) in [7, 11) is 1.65. The van der Waals surface area contributed by atoms with Crippen molar-refractivity contribution in [1.82, 2.24) is 0 Å². The van der Waals surface area contributed by atoms with E-state index in [-0.39, 0.29) is 11.9 Å². The lowest BCUT2D eigenvalue weighted by atomic mass is 10.1. The third kappa shape index (κ3) is 3.20. The molecule has 0 aliphatic carbocycles. The standard InChI is InChI=1S/C12H18FNO/c1-4-10(8-15-3)14-11-7-5-6-9(2)12(11)13/h5-7,10,14H,4,8H2,1-3H3. The molecule has 1 rings (SSSR count). The van der Waals surface area contributed by atoms with Crippen LogP contribution in [0.25, 0.3) is 0 Å². The molecule has 1 atom stereocenters. The van der Waals surface area contributed by atoms with Crippen molar-refractivity contribution in [2.24, 2.45) is 0 Å². The fraction of sp³-hybridized carbons (Fsp3) is 0.500. The molecule has 1 aromatic rings. The summed E-state index contributed by atoms with van der Waals surface area (Å²) in [6.45, 7) is 4.39. The van der Waals surface area contributed by atoms with Crippen molar-refractivity contribution in [3.8, 4) is 0 Å². The van der Waals surface area contributed by atoms with Gasteiger partial charge in [-0.3, -0.25) is 0 Å². The SMILES string of the molecule is CCC(COC)Nc1cccc(C)c1F. The number of hydrogen-bond acceptors (Lipinski definition) is 2. The molecule has 2 nitrogen and oxygen atoms in total. The van der Waals surface area contributed by atoms with E-state index in [0.29, 0.717) is 17.9 Å². The number of aryl methyl sites for hydroxylation is 1. The first kappa shape index (κ1) is 12.0. The molecule has 0 heterocycles. The number of methoxy groups -OCH3 is 1. The van der Waals surface area contributed by atoms with Crippen molar-refractivity contribution in [3.63, 3.8) is 0 Å². The fourth-order valence-corrected chi connectivity index (χ4v) is 1.44. The van der Waals surface area contributed by atoms with Crippen molar-refractivity contribution >= 4 is 5.69 Å². The quantitative estimate of drug-likeness (QED) is 0.808. The summed E-state index contributed by atoms with van der Waals surface area (Å²) in [5.41, 5.74) is 1.21. The molecular formula is C12H18FNO. The normalized spacial score (nSPS) is 12.5. The molecule has 0 saturated heterocycles. The van der Waals surface area contributed by atoms with Crippen molar-refractivity contribution in [3.05, 3.63) is 29.6 Å². The van der Waals surface area contributed by atoms with Crippen LogP contribution in [-0.4, -0.2) is 19.8 Å². The third-order valence-corrected chi connectivity index (χ3v) is 2.41. The largest absolute Gasteiger partial charge is 0.383 e. The fourth-order valence-electron chi connectivity index (χ4n) is 1.44. The number of anilines is 1. The summed E-state index contributed by atoms with van der Waals surface area (Å²) in [6, 6.07) is 5.52. The Bertz CT molecular complexity index is 314. The number of ether oxygens (including phenoxy) is 1. The molecular weight excluding hydrogens is 193 g/mol. The van der Waals surface area contributed by atoms with E-state index in [1.54, 1.807) is 26.2 Å². The van der Waals surface area contributed by atoms with Gasteiger partial charge in [0.1, 0.15) is 5.82 Å². The minimum atomic E-state index is -0.174. The van der Waals surface area contributed by atoms with Gasteiger partial charge in [-0.05, 0) is 25.0 Å². The number of benzene rings is 1. The number of hydrogen-bond donors (Lipinski definition) is 1. The molecule has 1 N–H and O–H groups in total. The van der Waals surface area contributed by atoms with E-state index in [4.69, 9.17) is 4.74 Å². The van der Waals surface area contributed by atoms with Crippen LogP contribution in [0.3, 0.4) is 0 Å². The lowest BCUT2D eigenvalue weighted by molar-refractivity contribution is 0.184. The van der Waals surface area contributed by atoms with Crippen molar-refractivity contribution in [2.45, 2.75) is 26.3 Å². The number of rotatable bonds is 5. The molecule has 0 amide bonds. The van der Waals surface area contributed by atoms with E-state index in [2.05, 4.69) is 5.32 Å². The van der Waals surface area contributed by atoms with Crippen LogP contribution in [0.4, 0.5) is 10.1 Å². The molecule has 0 saturated carbocycles. The van der Waals surface area contributed by atoms with Crippen LogP contribution in [0.2, 0.25) is 0 Å². The summed E-state index contributed by atoms with van der Waals surface area (Å²) in [5, 5.41) is 3.14. The summed E-state index contributed by atoms with van der Waals surface area (Å²) in [5.74, 6) is -0.174. The van der Waals surface area contributed by atoms with Crippen molar-refractivity contribution in [2.75, 3.05) is 19.0 Å². The van der Waals surface area contributed by atoms with Gasteiger partial charge in [-0.2, -0.15) is 0 Å². The Morgan fingerprint density at radius 3 is 2.80 bits per heavy atom. The first-order chi connectivity index (χ1) is 7.19. The average molecular weight is 211 g/mol. The molecule has 0 radical (unpaired) electrons. The molecule has 84 valence electrons. The Morgan fingerprint density at radius 2 is 2.20 bits per heavy atom. The zero-order chi connectivity index (χ0) is 11.3. The first-order valence-electron chi connectivity index (χ1n) is 5.19. The van der Waals surface area contributed by atoms with Crippen LogP contribution in [0.1, 0.15) is 18.9 Å². The lowest BCUT2D eigenvalue weighted by Gasteiger charge is -2.18. The molecule has 0 spiro atoms. The maximum Gasteiger partial charge on any atom is 0.149 e. The Balaban J connectivity index is 2.74. The van der Waals surface area contributed by atoms with E-state index in [9.17, 15) is 4.39 Å². The minimum Gasteiger partial charge on any atom is -0.383 e. The van der Waals surface area contributed by atoms with Gasteiger partial charge >= 0.3 is 0 Å². The molecule has 15 heavy (non-hydrogen) atoms. The van der Waals surface area contributed by atoms with Gasteiger partial charge < -0.3 is 10.1 Å². The maximum absolute atomic E-state index is 13.6. The molecule has 0 bridgehead atoms. The Hall–Kier alpha value is -1.09. The van der Waals surface area contributed by atoms with Gasteiger partial charge in [0.2, 0.25) is 0 Å². The van der Waals surface area contributed by atoms with Crippen LogP contribution < -0.4 is 5.32 Å². The minimum absolute atomic E-state index is 0.159. The molecule has 1 aromatic carbocycles. The number of halogens is 1. The predicted octanol–water partition coefficient (Wildman–Crippen LogP) is 2.97. The van der Waals surface area contributed by atoms with Gasteiger partial charge in [-0.1, -0.05) is 19.1 Å². The summed E-state index contributed by atoms with van der Waals surface area (Å²) in [4.78, 5) is 0. The highest BCUT2D eigenvalue weighted by Gasteiger charge is 2.09. The van der Waals surface area contributed by atoms with E-state index < -0.39 is 0 Å². The van der Waals surface area contributed by atoms with Crippen molar-refractivity contribution in [1.29, 1.82) is 0 Å². The summed E-state index contributed by atoms with van der Waals surface area (Å²) < 4.78 is 18.7. The molecule has 3 heteroatoms. The van der Waals surface area contributed by atoms with Crippen LogP contribution in [-0.2, 0) is 4.74 Å². The van der Waals surface area contributed by atoms with Gasteiger partial charge in [0, 0.05) is 13.2 Å². The monoisotopic (exact) mass is 211 g/mol. The first-order valence-corrected chi connectivity index (χ1v) is 5.19. The van der Waals surface area contributed by atoms with E-state index in [1.807, 2.05) is 13.0 Å². The van der Waals surface area contributed by atoms with E-state index in [1.165, 1.54) is 0 Å². The Labute approximate surface area is 90.4 Å². The highest BCUT2D eigenvalue weighted by molar-refractivity contribution is 5.48. The van der Waals surface area contributed by atoms with Crippen LogP contribution in [0, 0.1) is 12.7 Å². The Kier molecular flexibility index (Phi) is 4.56. The zero-order valence-corrected chi connectivity index (χ0v) is 9.51. The summed E-state index contributed by atoms with van der Waals surface area (Å²) >= 11 is 0.